The van der Waals surface area contributed by atoms with Gasteiger partial charge in [-0.25, -0.2) is 0 Å². The van der Waals surface area contributed by atoms with Crippen molar-refractivity contribution in [2.45, 2.75) is 105 Å². The number of rotatable bonds is 6. The van der Waals surface area contributed by atoms with E-state index in [9.17, 15) is 0 Å². The minimum Gasteiger partial charge on any atom is -0.311 e. The summed E-state index contributed by atoms with van der Waals surface area (Å²) in [5, 5.41) is 7.60. The van der Waals surface area contributed by atoms with Gasteiger partial charge in [0.2, 0.25) is 0 Å². The van der Waals surface area contributed by atoms with Crippen molar-refractivity contribution < 1.29 is 0 Å². The van der Waals surface area contributed by atoms with E-state index in [-0.39, 0.29) is 28.4 Å². The lowest BCUT2D eigenvalue weighted by Gasteiger charge is -2.45. The first kappa shape index (κ1) is 56.9. The molecule has 0 unspecified atom stereocenters. The first-order valence-corrected chi connectivity index (χ1v) is 33.3. The highest BCUT2D eigenvalue weighted by Crippen LogP contribution is 2.50. The van der Waals surface area contributed by atoms with Gasteiger partial charge in [-0.15, -0.1) is 0 Å². The van der Waals surface area contributed by atoms with Gasteiger partial charge in [-0.2, -0.15) is 0 Å². The maximum Gasteiger partial charge on any atom is 0.252 e. The van der Waals surface area contributed by atoms with Crippen molar-refractivity contribution in [3.05, 3.63) is 271 Å². The topological polar surface area (TPSA) is 15.8 Å². The van der Waals surface area contributed by atoms with Crippen molar-refractivity contribution in [3.63, 3.8) is 0 Å². The minimum absolute atomic E-state index is 0.00904. The fourth-order valence-electron chi connectivity index (χ4n) is 15.6. The van der Waals surface area contributed by atoms with Gasteiger partial charge in [-0.3, -0.25) is 0 Å². The Bertz CT molecular complexity index is 5510. The van der Waals surface area contributed by atoms with Gasteiger partial charge in [0.05, 0.1) is 27.6 Å². The van der Waals surface area contributed by atoms with Gasteiger partial charge in [0.1, 0.15) is 0 Å². The number of fused-ring (bicyclic) bond motifs is 13. The Morgan fingerprint density at radius 1 is 0.258 bits per heavy atom. The van der Waals surface area contributed by atoms with Crippen LogP contribution in [0.2, 0.25) is 0 Å². The van der Waals surface area contributed by atoms with Crippen LogP contribution in [0.3, 0.4) is 0 Å². The average molecular weight is 1200 g/mol. The second kappa shape index (κ2) is 20.2. The van der Waals surface area contributed by atoms with Crippen molar-refractivity contribution >= 4 is 117 Å². The molecule has 2 aliphatic rings. The molecular weight excluding hydrogens is 1120 g/mol. The van der Waals surface area contributed by atoms with Crippen molar-refractivity contribution in [2.75, 3.05) is 9.80 Å². The van der Waals surface area contributed by atoms with Crippen LogP contribution >= 0.6 is 0 Å². The van der Waals surface area contributed by atoms with E-state index in [2.05, 4.69) is 351 Å². The zero-order valence-corrected chi connectivity index (χ0v) is 55.5. The summed E-state index contributed by atoms with van der Waals surface area (Å²) in [5.74, 6) is 0. The lowest BCUT2D eigenvalue weighted by molar-refractivity contribution is 0.569. The molecule has 0 saturated carbocycles. The molecule has 3 aromatic heterocycles. The third-order valence-electron chi connectivity index (χ3n) is 20.6. The van der Waals surface area contributed by atoms with Gasteiger partial charge in [0.15, 0.2) is 0 Å². The minimum atomic E-state index is -0.0935. The molecule has 0 aliphatic carbocycles. The molecule has 0 amide bonds. The molecule has 0 spiro atoms. The van der Waals surface area contributed by atoms with Crippen LogP contribution in [0.15, 0.2) is 249 Å². The van der Waals surface area contributed by atoms with E-state index in [0.29, 0.717) is 0 Å². The van der Waals surface area contributed by atoms with Gasteiger partial charge in [-0.05, 0) is 191 Å². The number of benzene rings is 12. The molecule has 4 nitrogen and oxygen atoms in total. The molecule has 0 bridgehead atoms. The van der Waals surface area contributed by atoms with Crippen LogP contribution in [-0.2, 0) is 21.7 Å². The van der Waals surface area contributed by atoms with Gasteiger partial charge in [0, 0.05) is 72.1 Å². The van der Waals surface area contributed by atoms with Crippen LogP contribution in [0.5, 0.6) is 0 Å². The van der Waals surface area contributed by atoms with E-state index in [1.165, 1.54) is 155 Å². The standard InChI is InChI=1S/C88H77BN4/c1-85(2,3)60-34-39-66(40-35-60)91-79-44-36-61(86(4,5)6)53-74(79)89-73-41-31-57(55-32-42-77-71(47-55)68-24-17-18-27-75(68)90(77)64-21-14-13-15-22-64)49-80(73)92(65-37-29-54(30-38-65)58-45-62(87(7,8)9)52-63(46-58)88(10,11)12)82-51-59(50-81(91)83(82)89)56-33-43-78-72(48-56)70-26-20-25-69-67-23-16-19-28-76(67)93(78)84(69)70/h13-53H,1-12H3. The van der Waals surface area contributed by atoms with E-state index in [1.54, 1.807) is 0 Å². The van der Waals surface area contributed by atoms with Gasteiger partial charge < -0.3 is 18.8 Å². The molecule has 5 heterocycles. The summed E-state index contributed by atoms with van der Waals surface area (Å²) in [7, 11) is 0. The maximum atomic E-state index is 2.62. The lowest BCUT2D eigenvalue weighted by Crippen LogP contribution is -2.61. The summed E-state index contributed by atoms with van der Waals surface area (Å²) in [5.41, 5.74) is 30.6. The van der Waals surface area contributed by atoms with Crippen LogP contribution in [0.25, 0.3) is 99.0 Å². The van der Waals surface area contributed by atoms with Gasteiger partial charge >= 0.3 is 0 Å². The molecule has 0 atom stereocenters. The quantitative estimate of drug-likeness (QED) is 0.154. The Hall–Kier alpha value is -10.1. The molecular formula is C88H77BN4. The summed E-state index contributed by atoms with van der Waals surface area (Å²) < 4.78 is 4.91. The average Bonchev–Trinajstić information content (AvgIpc) is 0.948. The number of hydrogen-bond acceptors (Lipinski definition) is 2. The third kappa shape index (κ3) is 8.94. The monoisotopic (exact) mass is 1200 g/mol. The van der Waals surface area contributed by atoms with E-state index < -0.39 is 0 Å². The van der Waals surface area contributed by atoms with Crippen molar-refractivity contribution in [2.24, 2.45) is 0 Å². The Labute approximate surface area is 547 Å². The predicted octanol–water partition coefficient (Wildman–Crippen LogP) is 22.2. The molecule has 0 fully saturated rings. The van der Waals surface area contributed by atoms with Gasteiger partial charge in [0.25, 0.3) is 6.71 Å². The van der Waals surface area contributed by atoms with E-state index in [4.69, 9.17) is 0 Å². The van der Waals surface area contributed by atoms with Crippen LogP contribution in [-0.4, -0.2) is 15.7 Å². The highest BCUT2D eigenvalue weighted by Gasteiger charge is 2.44. The summed E-state index contributed by atoms with van der Waals surface area (Å²) in [6, 6.07) is 95.8. The highest BCUT2D eigenvalue weighted by molar-refractivity contribution is 7.00. The second-order valence-corrected chi connectivity index (χ2v) is 30.7. The van der Waals surface area contributed by atoms with Crippen LogP contribution in [0, 0.1) is 0 Å². The van der Waals surface area contributed by atoms with Gasteiger partial charge in [-0.1, -0.05) is 235 Å². The number of para-hydroxylation sites is 4. The zero-order valence-electron chi connectivity index (χ0n) is 55.5. The Balaban J connectivity index is 0.943. The molecule has 452 valence electrons. The maximum absolute atomic E-state index is 2.62. The number of nitrogens with zero attached hydrogens (tertiary/aromatic N) is 4. The first-order valence-electron chi connectivity index (χ1n) is 33.3. The number of anilines is 6. The summed E-state index contributed by atoms with van der Waals surface area (Å²) in [6.07, 6.45) is 0. The Morgan fingerprint density at radius 2 is 0.710 bits per heavy atom. The van der Waals surface area contributed by atoms with E-state index >= 15 is 0 Å². The molecule has 15 aromatic rings. The number of aromatic nitrogens is 2. The van der Waals surface area contributed by atoms with E-state index in [1.807, 2.05) is 0 Å². The summed E-state index contributed by atoms with van der Waals surface area (Å²) in [4.78, 5) is 5.22. The largest absolute Gasteiger partial charge is 0.311 e. The van der Waals surface area contributed by atoms with Crippen molar-refractivity contribution in [1.82, 2.24) is 8.97 Å². The molecule has 0 saturated heterocycles. The lowest BCUT2D eigenvalue weighted by atomic mass is 9.33. The SMILES string of the molecule is CC(C)(C)c1ccc(N2c3ccc(C(C)(C)C)cc3B3c4ccc(-c5ccc6c(c5)c5ccccc5n6-c5ccccc5)cc4N(c4ccc(-c5cc(C(C)(C)C)cc(C(C)(C)C)c5)cc4)c4cc(-c5ccc6c(c5)c5cccc7c8ccccc8n6c75)cc2c43)cc1. The highest BCUT2D eigenvalue weighted by atomic mass is 15.2. The normalized spacial score (nSPS) is 13.5. The number of hydrogen-bond donors (Lipinski definition) is 0. The fourth-order valence-corrected chi connectivity index (χ4v) is 15.6. The fraction of sp³-hybridized carbons (Fsp3) is 0.182. The summed E-state index contributed by atoms with van der Waals surface area (Å²) in [6.45, 7) is 27.9. The Kier molecular flexibility index (Phi) is 12.4. The molecule has 17 rings (SSSR count). The third-order valence-corrected chi connectivity index (χ3v) is 20.6. The van der Waals surface area contributed by atoms with Crippen LogP contribution in [0.1, 0.15) is 105 Å². The Morgan fingerprint density at radius 3 is 1.35 bits per heavy atom. The molecule has 2 aliphatic heterocycles. The molecule has 12 aromatic carbocycles. The first-order chi connectivity index (χ1) is 44.6. The van der Waals surface area contributed by atoms with Crippen LogP contribution < -0.4 is 26.2 Å². The van der Waals surface area contributed by atoms with Crippen molar-refractivity contribution in [1.29, 1.82) is 0 Å². The molecule has 0 radical (unpaired) electrons. The smallest absolute Gasteiger partial charge is 0.252 e. The molecule has 0 N–H and O–H groups in total. The predicted molar refractivity (Wildman–Crippen MR) is 401 cm³/mol. The van der Waals surface area contributed by atoms with E-state index in [0.717, 1.165) is 17.1 Å². The molecule has 5 heteroatoms. The summed E-state index contributed by atoms with van der Waals surface area (Å²) >= 11 is 0. The zero-order chi connectivity index (χ0) is 63.8. The van der Waals surface area contributed by atoms with Crippen LogP contribution in [0.4, 0.5) is 34.1 Å². The molecule has 93 heavy (non-hydrogen) atoms. The van der Waals surface area contributed by atoms with Crippen molar-refractivity contribution in [3.8, 4) is 39.1 Å². The second-order valence-electron chi connectivity index (χ2n) is 30.7.